The Morgan fingerprint density at radius 3 is 2.59 bits per heavy atom. The van der Waals surface area contributed by atoms with Crippen molar-refractivity contribution in [2.24, 2.45) is 0 Å². The first-order chi connectivity index (χ1) is 13.0. The molecule has 0 spiro atoms. The molecule has 1 aromatic heterocycles. The van der Waals surface area contributed by atoms with E-state index < -0.39 is 11.0 Å². The minimum atomic E-state index is -0.506. The van der Waals surface area contributed by atoms with E-state index in [1.807, 2.05) is 30.0 Å². The summed E-state index contributed by atoms with van der Waals surface area (Å²) in [5.74, 6) is -0.0314. The summed E-state index contributed by atoms with van der Waals surface area (Å²) in [5.41, 5.74) is 1.13. The molecule has 0 bridgehead atoms. The predicted molar refractivity (Wildman–Crippen MR) is 104 cm³/mol. The third-order valence-electron chi connectivity index (χ3n) is 4.83. The van der Waals surface area contributed by atoms with Gasteiger partial charge >= 0.3 is 5.69 Å². The maximum Gasteiger partial charge on any atom is 0.307 e. The fourth-order valence-corrected chi connectivity index (χ4v) is 3.68. The largest absolute Gasteiger partial charge is 0.338 e. The Hall–Kier alpha value is -2.26. The average molecular weight is 436 g/mol. The van der Waals surface area contributed by atoms with Crippen molar-refractivity contribution in [1.29, 1.82) is 0 Å². The second-order valence-corrected chi connectivity index (χ2v) is 7.41. The molecular formula is C18H22BrN5O3. The molecule has 1 unspecified atom stereocenters. The first kappa shape index (κ1) is 19.5. The van der Waals surface area contributed by atoms with E-state index in [0.717, 1.165) is 24.1 Å². The zero-order valence-electron chi connectivity index (χ0n) is 15.1. The van der Waals surface area contributed by atoms with Crippen molar-refractivity contribution in [1.82, 2.24) is 19.6 Å². The minimum absolute atomic E-state index is 0.0314. The average Bonchev–Trinajstić information content (AvgIpc) is 3.15. The van der Waals surface area contributed by atoms with Crippen molar-refractivity contribution in [3.05, 3.63) is 56.8 Å². The maximum absolute atomic E-state index is 12.9. The van der Waals surface area contributed by atoms with Gasteiger partial charge in [0.15, 0.2) is 0 Å². The van der Waals surface area contributed by atoms with Gasteiger partial charge in [-0.15, -0.1) is 0 Å². The van der Waals surface area contributed by atoms with Gasteiger partial charge in [-0.1, -0.05) is 41.1 Å². The van der Waals surface area contributed by atoms with Gasteiger partial charge in [-0.05, 0) is 18.1 Å². The molecule has 0 radical (unpaired) electrons. The van der Waals surface area contributed by atoms with Crippen LogP contribution in [-0.2, 0) is 11.3 Å². The summed E-state index contributed by atoms with van der Waals surface area (Å²) in [7, 11) is 0. The van der Waals surface area contributed by atoms with Crippen LogP contribution in [0.4, 0.5) is 5.69 Å². The van der Waals surface area contributed by atoms with Gasteiger partial charge in [-0.2, -0.15) is 5.10 Å². The van der Waals surface area contributed by atoms with E-state index in [4.69, 9.17) is 0 Å². The van der Waals surface area contributed by atoms with Crippen molar-refractivity contribution in [3.8, 4) is 0 Å². The number of carbonyl (C=O) groups excluding carboxylic acids is 1. The first-order valence-corrected chi connectivity index (χ1v) is 9.72. The molecule has 0 N–H and O–H groups in total. The zero-order valence-corrected chi connectivity index (χ0v) is 16.7. The highest BCUT2D eigenvalue weighted by molar-refractivity contribution is 9.10. The lowest BCUT2D eigenvalue weighted by Gasteiger charge is -2.36. The molecule has 3 rings (SSSR count). The van der Waals surface area contributed by atoms with Gasteiger partial charge < -0.3 is 4.90 Å². The number of nitro groups is 1. The number of benzene rings is 1. The highest BCUT2D eigenvalue weighted by atomic mass is 79.9. The fraction of sp³-hybridized carbons (Fsp3) is 0.444. The quantitative estimate of drug-likeness (QED) is 0.514. The molecule has 1 aliphatic rings. The monoisotopic (exact) mass is 435 g/mol. The molecule has 2 aromatic rings. The Kier molecular flexibility index (Phi) is 6.22. The van der Waals surface area contributed by atoms with Crippen LogP contribution in [0.25, 0.3) is 0 Å². The van der Waals surface area contributed by atoms with Crippen LogP contribution in [0.3, 0.4) is 0 Å². The molecule has 1 aromatic carbocycles. The van der Waals surface area contributed by atoms with E-state index in [1.165, 1.54) is 22.6 Å². The SMILES string of the molecule is CCC(C(=O)N1CCN(Cc2ccccc2Br)CC1)n1cc([N+](=O)[O-])cn1. The number of rotatable bonds is 6. The van der Waals surface area contributed by atoms with Crippen LogP contribution in [-0.4, -0.2) is 56.6 Å². The number of aromatic nitrogens is 2. The smallest absolute Gasteiger partial charge is 0.307 e. The standard InChI is InChI=1S/C18H22BrN5O3/c1-2-17(23-13-15(11-20-23)24(26)27)18(25)22-9-7-21(8-10-22)12-14-5-3-4-6-16(14)19/h3-6,11,13,17H,2,7-10,12H2,1H3. The van der Waals surface area contributed by atoms with E-state index >= 15 is 0 Å². The molecule has 0 aliphatic carbocycles. The van der Waals surface area contributed by atoms with E-state index in [9.17, 15) is 14.9 Å². The molecule has 144 valence electrons. The number of halogens is 1. The normalized spacial score (nSPS) is 16.3. The molecule has 1 amide bonds. The van der Waals surface area contributed by atoms with Gasteiger partial charge in [0, 0.05) is 37.2 Å². The van der Waals surface area contributed by atoms with Gasteiger partial charge in [0.2, 0.25) is 5.91 Å². The Morgan fingerprint density at radius 2 is 2.00 bits per heavy atom. The topological polar surface area (TPSA) is 84.5 Å². The molecule has 1 fully saturated rings. The lowest BCUT2D eigenvalue weighted by atomic mass is 10.1. The number of carbonyl (C=O) groups is 1. The summed E-state index contributed by atoms with van der Waals surface area (Å²) >= 11 is 3.58. The molecule has 1 aliphatic heterocycles. The number of amides is 1. The highest BCUT2D eigenvalue weighted by Crippen LogP contribution is 2.21. The summed E-state index contributed by atoms with van der Waals surface area (Å²) in [6.07, 6.45) is 3.05. The van der Waals surface area contributed by atoms with Crippen LogP contribution in [0.5, 0.6) is 0 Å². The summed E-state index contributed by atoms with van der Waals surface area (Å²) in [5, 5.41) is 14.9. The fourth-order valence-electron chi connectivity index (χ4n) is 3.27. The van der Waals surface area contributed by atoms with Crippen molar-refractivity contribution in [3.63, 3.8) is 0 Å². The van der Waals surface area contributed by atoms with Gasteiger partial charge in [0.1, 0.15) is 18.4 Å². The second-order valence-electron chi connectivity index (χ2n) is 6.55. The Bertz CT molecular complexity index is 817. The molecule has 0 saturated carbocycles. The summed E-state index contributed by atoms with van der Waals surface area (Å²) in [6, 6.07) is 7.64. The molecule has 1 saturated heterocycles. The van der Waals surface area contributed by atoms with Crippen LogP contribution in [0.2, 0.25) is 0 Å². The number of hydrogen-bond donors (Lipinski definition) is 0. The van der Waals surface area contributed by atoms with Crippen LogP contribution >= 0.6 is 15.9 Å². The number of nitrogens with zero attached hydrogens (tertiary/aromatic N) is 5. The van der Waals surface area contributed by atoms with Crippen LogP contribution in [0.15, 0.2) is 41.1 Å². The molecule has 2 heterocycles. The van der Waals surface area contributed by atoms with Gasteiger partial charge in [-0.25, -0.2) is 0 Å². The Balaban J connectivity index is 1.59. The van der Waals surface area contributed by atoms with Crippen molar-refractivity contribution in [2.75, 3.05) is 26.2 Å². The minimum Gasteiger partial charge on any atom is -0.338 e. The van der Waals surface area contributed by atoms with Gasteiger partial charge in [0.25, 0.3) is 0 Å². The Morgan fingerprint density at radius 1 is 1.30 bits per heavy atom. The third kappa shape index (κ3) is 4.54. The Labute approximate surface area is 166 Å². The lowest BCUT2D eigenvalue weighted by molar-refractivity contribution is -0.385. The van der Waals surface area contributed by atoms with Crippen LogP contribution in [0.1, 0.15) is 24.9 Å². The van der Waals surface area contributed by atoms with E-state index in [-0.39, 0.29) is 11.6 Å². The van der Waals surface area contributed by atoms with Gasteiger partial charge in [0.05, 0.1) is 4.92 Å². The van der Waals surface area contributed by atoms with Crippen molar-refractivity contribution >= 4 is 27.5 Å². The van der Waals surface area contributed by atoms with E-state index in [0.29, 0.717) is 19.5 Å². The highest BCUT2D eigenvalue weighted by Gasteiger charge is 2.29. The first-order valence-electron chi connectivity index (χ1n) is 8.92. The molecule has 1 atom stereocenters. The van der Waals surface area contributed by atoms with E-state index in [2.05, 4.69) is 32.0 Å². The maximum atomic E-state index is 12.9. The third-order valence-corrected chi connectivity index (χ3v) is 5.60. The molecular weight excluding hydrogens is 414 g/mol. The predicted octanol–water partition coefficient (Wildman–Crippen LogP) is 2.85. The molecule has 8 nitrogen and oxygen atoms in total. The lowest BCUT2D eigenvalue weighted by Crippen LogP contribution is -2.50. The number of piperazine rings is 1. The van der Waals surface area contributed by atoms with Crippen molar-refractivity contribution in [2.45, 2.75) is 25.9 Å². The second kappa shape index (κ2) is 8.62. The van der Waals surface area contributed by atoms with Crippen LogP contribution < -0.4 is 0 Å². The summed E-state index contributed by atoms with van der Waals surface area (Å²) in [6.45, 7) is 5.60. The van der Waals surface area contributed by atoms with Crippen molar-refractivity contribution < 1.29 is 9.72 Å². The molecule has 27 heavy (non-hydrogen) atoms. The van der Waals surface area contributed by atoms with E-state index in [1.54, 1.807) is 0 Å². The molecule has 9 heteroatoms. The zero-order chi connectivity index (χ0) is 19.4. The van der Waals surface area contributed by atoms with Crippen LogP contribution in [0, 0.1) is 10.1 Å². The number of hydrogen-bond acceptors (Lipinski definition) is 5. The summed E-state index contributed by atoms with van der Waals surface area (Å²) < 4.78 is 2.50. The van der Waals surface area contributed by atoms with Gasteiger partial charge in [-0.3, -0.25) is 24.5 Å². The summed E-state index contributed by atoms with van der Waals surface area (Å²) in [4.78, 5) is 27.4.